The molecule has 0 N–H and O–H groups in total. The third kappa shape index (κ3) is 6.09. The summed E-state index contributed by atoms with van der Waals surface area (Å²) in [4.78, 5) is 28.3. The summed E-state index contributed by atoms with van der Waals surface area (Å²) in [6.07, 6.45) is -0.258. The van der Waals surface area contributed by atoms with Crippen molar-refractivity contribution in [2.24, 2.45) is 0 Å². The summed E-state index contributed by atoms with van der Waals surface area (Å²) in [6, 6.07) is 6.97. The molecule has 6 nitrogen and oxygen atoms in total. The minimum Gasteiger partial charge on any atom is -0.481 e. The van der Waals surface area contributed by atoms with E-state index >= 15 is 0 Å². The van der Waals surface area contributed by atoms with Crippen molar-refractivity contribution < 1.29 is 19.1 Å². The summed E-state index contributed by atoms with van der Waals surface area (Å²) in [5, 5.41) is 0.560. The molecule has 1 atom stereocenters. The Labute approximate surface area is 160 Å². The smallest absolute Gasteiger partial charge is 0.410 e. The monoisotopic (exact) mass is 382 g/mol. The maximum absolute atomic E-state index is 12.7. The number of rotatable bonds is 3. The molecule has 1 aromatic rings. The summed E-state index contributed by atoms with van der Waals surface area (Å²) in [5.41, 5.74) is -0.530. The first-order valence-corrected chi connectivity index (χ1v) is 9.22. The molecular weight excluding hydrogens is 356 g/mol. The van der Waals surface area contributed by atoms with Crippen molar-refractivity contribution in [1.82, 2.24) is 9.80 Å². The molecule has 1 heterocycles. The highest BCUT2D eigenvalue weighted by Crippen LogP contribution is 2.19. The zero-order valence-corrected chi connectivity index (χ0v) is 16.6. The second kappa shape index (κ2) is 8.62. The fourth-order valence-electron chi connectivity index (χ4n) is 2.70. The average Bonchev–Trinajstić information content (AvgIpc) is 2.78. The lowest BCUT2D eigenvalue weighted by atomic mass is 10.2. The van der Waals surface area contributed by atoms with Crippen molar-refractivity contribution in [2.45, 2.75) is 45.8 Å². The van der Waals surface area contributed by atoms with Gasteiger partial charge < -0.3 is 19.3 Å². The Morgan fingerprint density at radius 1 is 1.12 bits per heavy atom. The predicted octanol–water partition coefficient (Wildman–Crippen LogP) is 3.58. The Hall–Kier alpha value is -1.95. The highest BCUT2D eigenvalue weighted by molar-refractivity contribution is 6.30. The van der Waals surface area contributed by atoms with E-state index in [0.29, 0.717) is 43.4 Å². The summed E-state index contributed by atoms with van der Waals surface area (Å²) in [6.45, 7) is 9.31. The Balaban J connectivity index is 1.91. The largest absolute Gasteiger partial charge is 0.481 e. The normalized spacial score (nSPS) is 16.7. The van der Waals surface area contributed by atoms with Gasteiger partial charge in [-0.25, -0.2) is 4.79 Å². The van der Waals surface area contributed by atoms with E-state index in [9.17, 15) is 9.59 Å². The van der Waals surface area contributed by atoms with Gasteiger partial charge in [-0.3, -0.25) is 4.79 Å². The minimum absolute atomic E-state index is 0.101. The van der Waals surface area contributed by atoms with Crippen LogP contribution >= 0.6 is 11.6 Å². The summed E-state index contributed by atoms with van der Waals surface area (Å²) < 4.78 is 11.1. The molecule has 1 aliphatic heterocycles. The number of amides is 2. The number of benzene rings is 1. The maximum Gasteiger partial charge on any atom is 0.410 e. The van der Waals surface area contributed by atoms with E-state index in [2.05, 4.69) is 0 Å². The summed E-state index contributed by atoms with van der Waals surface area (Å²) >= 11 is 5.94. The number of carbonyl (C=O) groups is 2. The van der Waals surface area contributed by atoms with Crippen molar-refractivity contribution in [2.75, 3.05) is 26.2 Å². The summed E-state index contributed by atoms with van der Waals surface area (Å²) in [5.74, 6) is 0.458. The highest BCUT2D eigenvalue weighted by Gasteiger charge is 2.28. The van der Waals surface area contributed by atoms with Gasteiger partial charge in [0.1, 0.15) is 11.4 Å². The Morgan fingerprint density at radius 3 is 2.42 bits per heavy atom. The Morgan fingerprint density at radius 2 is 1.77 bits per heavy atom. The molecule has 1 fully saturated rings. The van der Waals surface area contributed by atoms with Gasteiger partial charge in [0.25, 0.3) is 5.91 Å². The van der Waals surface area contributed by atoms with Gasteiger partial charge in [0, 0.05) is 31.2 Å². The van der Waals surface area contributed by atoms with Crippen molar-refractivity contribution in [3.8, 4) is 5.75 Å². The van der Waals surface area contributed by atoms with Crippen molar-refractivity contribution in [3.63, 3.8) is 0 Å². The SMILES string of the molecule is CC(Oc1cccc(Cl)c1)C(=O)N1CCCN(C(=O)OC(C)(C)C)CC1. The van der Waals surface area contributed by atoms with Crippen molar-refractivity contribution in [3.05, 3.63) is 29.3 Å². The molecule has 0 aliphatic carbocycles. The van der Waals surface area contributed by atoms with E-state index in [1.807, 2.05) is 20.8 Å². The van der Waals surface area contributed by atoms with Crippen LogP contribution in [0.5, 0.6) is 5.75 Å². The molecule has 0 aromatic heterocycles. The molecule has 144 valence electrons. The zero-order chi connectivity index (χ0) is 19.3. The zero-order valence-electron chi connectivity index (χ0n) is 15.8. The van der Waals surface area contributed by atoms with Gasteiger partial charge in [0.15, 0.2) is 6.10 Å². The Bertz CT molecular complexity index is 645. The molecule has 7 heteroatoms. The van der Waals surface area contributed by atoms with Gasteiger partial charge in [-0.1, -0.05) is 17.7 Å². The van der Waals surface area contributed by atoms with E-state index in [-0.39, 0.29) is 12.0 Å². The van der Waals surface area contributed by atoms with Crippen LogP contribution in [0.4, 0.5) is 4.79 Å². The van der Waals surface area contributed by atoms with E-state index in [4.69, 9.17) is 21.1 Å². The topological polar surface area (TPSA) is 59.1 Å². The first kappa shape index (κ1) is 20.4. The van der Waals surface area contributed by atoms with Gasteiger partial charge >= 0.3 is 6.09 Å². The quantitative estimate of drug-likeness (QED) is 0.801. The molecular formula is C19H27ClN2O4. The molecule has 2 amide bonds. The molecule has 1 aliphatic rings. The second-order valence-corrected chi connectivity index (χ2v) is 7.80. The average molecular weight is 383 g/mol. The van der Waals surface area contributed by atoms with E-state index in [0.717, 1.165) is 0 Å². The standard InChI is InChI=1S/C19H27ClN2O4/c1-14(25-16-8-5-7-15(20)13-16)17(23)21-9-6-10-22(12-11-21)18(24)26-19(2,3)4/h5,7-8,13-14H,6,9-12H2,1-4H3. The molecule has 2 rings (SSSR count). The fourth-order valence-corrected chi connectivity index (χ4v) is 2.88. The van der Waals surface area contributed by atoms with Crippen molar-refractivity contribution in [1.29, 1.82) is 0 Å². The van der Waals surface area contributed by atoms with Crippen LogP contribution in [0.2, 0.25) is 5.02 Å². The van der Waals surface area contributed by atoms with Crippen LogP contribution in [-0.4, -0.2) is 59.7 Å². The lowest BCUT2D eigenvalue weighted by molar-refractivity contribution is -0.137. The van der Waals surface area contributed by atoms with E-state index < -0.39 is 11.7 Å². The van der Waals surface area contributed by atoms with Gasteiger partial charge in [0.2, 0.25) is 0 Å². The van der Waals surface area contributed by atoms with Gasteiger partial charge in [0.05, 0.1) is 0 Å². The fraction of sp³-hybridized carbons (Fsp3) is 0.579. The third-order valence-corrected chi connectivity index (χ3v) is 4.15. The highest BCUT2D eigenvalue weighted by atomic mass is 35.5. The maximum atomic E-state index is 12.7. The van der Waals surface area contributed by atoms with Gasteiger partial charge in [-0.05, 0) is 52.3 Å². The van der Waals surface area contributed by atoms with Crippen LogP contribution in [0.25, 0.3) is 0 Å². The Kier molecular flexibility index (Phi) is 6.75. The summed E-state index contributed by atoms with van der Waals surface area (Å²) in [7, 11) is 0. The first-order valence-electron chi connectivity index (χ1n) is 8.84. The number of halogens is 1. The third-order valence-electron chi connectivity index (χ3n) is 3.92. The van der Waals surface area contributed by atoms with Gasteiger partial charge in [-0.2, -0.15) is 0 Å². The lowest BCUT2D eigenvalue weighted by Gasteiger charge is -2.27. The number of ether oxygens (including phenoxy) is 2. The first-order chi connectivity index (χ1) is 12.2. The lowest BCUT2D eigenvalue weighted by Crippen LogP contribution is -2.43. The number of hydrogen-bond acceptors (Lipinski definition) is 4. The predicted molar refractivity (Wildman–Crippen MR) is 101 cm³/mol. The van der Waals surface area contributed by atoms with Crippen LogP contribution in [0.15, 0.2) is 24.3 Å². The molecule has 0 spiro atoms. The molecule has 1 aromatic carbocycles. The van der Waals surface area contributed by atoms with Crippen LogP contribution in [-0.2, 0) is 9.53 Å². The second-order valence-electron chi connectivity index (χ2n) is 7.36. The number of hydrogen-bond donors (Lipinski definition) is 0. The van der Waals surface area contributed by atoms with E-state index in [1.54, 1.807) is 41.0 Å². The minimum atomic E-state index is -0.624. The van der Waals surface area contributed by atoms with Crippen LogP contribution in [0.3, 0.4) is 0 Å². The van der Waals surface area contributed by atoms with Gasteiger partial charge in [-0.15, -0.1) is 0 Å². The number of carbonyl (C=O) groups excluding carboxylic acids is 2. The molecule has 1 saturated heterocycles. The van der Waals surface area contributed by atoms with Crippen LogP contribution in [0, 0.1) is 0 Å². The molecule has 0 radical (unpaired) electrons. The number of nitrogens with zero attached hydrogens (tertiary/aromatic N) is 2. The van der Waals surface area contributed by atoms with Crippen LogP contribution < -0.4 is 4.74 Å². The van der Waals surface area contributed by atoms with Crippen molar-refractivity contribution >= 4 is 23.6 Å². The van der Waals surface area contributed by atoms with E-state index in [1.165, 1.54) is 0 Å². The molecule has 0 bridgehead atoms. The molecule has 26 heavy (non-hydrogen) atoms. The van der Waals surface area contributed by atoms with Crippen LogP contribution in [0.1, 0.15) is 34.1 Å². The molecule has 0 saturated carbocycles. The molecule has 1 unspecified atom stereocenters.